The summed E-state index contributed by atoms with van der Waals surface area (Å²) in [5, 5.41) is 0. The number of carbonyl (C=O) groups excluding carboxylic acids is 1. The van der Waals surface area contributed by atoms with Crippen molar-refractivity contribution in [3.8, 4) is 0 Å². The molecule has 162 valence electrons. The van der Waals surface area contributed by atoms with E-state index in [0.29, 0.717) is 28.8 Å². The number of benzene rings is 1. The van der Waals surface area contributed by atoms with Gasteiger partial charge in [-0.05, 0) is 76.9 Å². The van der Waals surface area contributed by atoms with Crippen LogP contribution >= 0.6 is 0 Å². The molecule has 2 aliphatic carbocycles. The zero-order valence-corrected chi connectivity index (χ0v) is 21.0. The minimum absolute atomic E-state index is 0.00158. The van der Waals surface area contributed by atoms with E-state index in [1.807, 2.05) is 0 Å². The van der Waals surface area contributed by atoms with Crippen molar-refractivity contribution >= 4 is 14.1 Å². The number of fused-ring (bicyclic) bond motifs is 2. The third-order valence-electron chi connectivity index (χ3n) is 7.81. The second kappa shape index (κ2) is 8.30. The number of hydrogen-bond acceptors (Lipinski definition) is 2. The van der Waals surface area contributed by atoms with E-state index in [1.54, 1.807) is 0 Å². The summed E-state index contributed by atoms with van der Waals surface area (Å²) in [6, 6.07) is 4.60. The molecule has 0 saturated carbocycles. The van der Waals surface area contributed by atoms with Gasteiger partial charge in [0.2, 0.25) is 8.32 Å². The SMILES string of the molecule is CC(C)[Si](OC1CC(=O)c2cc3c(cc2CC1(C)C)CCCC3)(C(C)C)C(C)C. The zero-order chi connectivity index (χ0) is 21.6. The highest BCUT2D eigenvalue weighted by Crippen LogP contribution is 2.47. The summed E-state index contributed by atoms with van der Waals surface area (Å²) in [5.74, 6) is 0.295. The maximum Gasteiger partial charge on any atom is 0.200 e. The van der Waals surface area contributed by atoms with E-state index in [2.05, 4.69) is 67.5 Å². The number of ketones is 1. The molecule has 0 N–H and O–H groups in total. The average Bonchev–Trinajstić information content (AvgIpc) is 2.70. The molecule has 3 rings (SSSR count). The molecule has 0 saturated heterocycles. The van der Waals surface area contributed by atoms with Gasteiger partial charge in [-0.15, -0.1) is 0 Å². The Bertz CT molecular complexity index is 738. The maximum absolute atomic E-state index is 13.4. The molecule has 0 aromatic heterocycles. The first kappa shape index (κ1) is 22.7. The number of aryl methyl sites for hydroxylation is 2. The summed E-state index contributed by atoms with van der Waals surface area (Å²) in [5.41, 5.74) is 6.70. The molecule has 0 bridgehead atoms. The van der Waals surface area contributed by atoms with Gasteiger partial charge in [-0.1, -0.05) is 61.5 Å². The van der Waals surface area contributed by atoms with Gasteiger partial charge in [0.1, 0.15) is 0 Å². The van der Waals surface area contributed by atoms with Gasteiger partial charge in [0.05, 0.1) is 6.10 Å². The van der Waals surface area contributed by atoms with E-state index >= 15 is 0 Å². The Morgan fingerprint density at radius 2 is 1.41 bits per heavy atom. The highest BCUT2D eigenvalue weighted by Gasteiger charge is 2.50. The van der Waals surface area contributed by atoms with Gasteiger partial charge in [0.25, 0.3) is 0 Å². The first-order valence-corrected chi connectivity index (χ1v) is 14.0. The van der Waals surface area contributed by atoms with Crippen molar-refractivity contribution in [2.45, 2.75) is 117 Å². The molecule has 1 aromatic rings. The molecule has 0 amide bonds. The van der Waals surface area contributed by atoms with Crippen molar-refractivity contribution in [1.82, 2.24) is 0 Å². The van der Waals surface area contributed by atoms with E-state index in [-0.39, 0.29) is 11.5 Å². The van der Waals surface area contributed by atoms with Crippen molar-refractivity contribution in [3.05, 3.63) is 34.4 Å². The minimum atomic E-state index is -2.04. The summed E-state index contributed by atoms with van der Waals surface area (Å²) < 4.78 is 7.20. The molecular formula is C26H42O2Si. The van der Waals surface area contributed by atoms with Crippen LogP contribution in [0, 0.1) is 5.41 Å². The van der Waals surface area contributed by atoms with Crippen LogP contribution in [0.15, 0.2) is 12.1 Å². The minimum Gasteiger partial charge on any atom is -0.412 e. The molecule has 0 heterocycles. The van der Waals surface area contributed by atoms with Crippen LogP contribution in [0.5, 0.6) is 0 Å². The number of rotatable bonds is 5. The van der Waals surface area contributed by atoms with Crippen LogP contribution in [-0.4, -0.2) is 20.2 Å². The molecule has 0 fully saturated rings. The van der Waals surface area contributed by atoms with E-state index in [9.17, 15) is 4.79 Å². The predicted molar refractivity (Wildman–Crippen MR) is 125 cm³/mol. The van der Waals surface area contributed by atoms with Gasteiger partial charge in [-0.25, -0.2) is 0 Å². The topological polar surface area (TPSA) is 26.3 Å². The Balaban J connectivity index is 1.99. The summed E-state index contributed by atoms with van der Waals surface area (Å²) in [6.07, 6.45) is 6.29. The summed E-state index contributed by atoms with van der Waals surface area (Å²) >= 11 is 0. The van der Waals surface area contributed by atoms with Crippen LogP contribution in [-0.2, 0) is 23.7 Å². The number of hydrogen-bond donors (Lipinski definition) is 0. The fraction of sp³-hybridized carbons (Fsp3) is 0.731. The molecule has 1 aromatic carbocycles. The number of carbonyl (C=O) groups is 1. The lowest BCUT2D eigenvalue weighted by molar-refractivity contribution is 0.0484. The number of Topliss-reactive ketones (excluding diaryl/α,β-unsaturated/α-hetero) is 1. The molecule has 29 heavy (non-hydrogen) atoms. The van der Waals surface area contributed by atoms with Gasteiger partial charge in [0.15, 0.2) is 5.78 Å². The van der Waals surface area contributed by atoms with Gasteiger partial charge in [0, 0.05) is 12.0 Å². The average molecular weight is 415 g/mol. The molecule has 0 radical (unpaired) electrons. The molecule has 2 aliphatic rings. The molecule has 3 heteroatoms. The van der Waals surface area contributed by atoms with Crippen molar-refractivity contribution < 1.29 is 9.22 Å². The Morgan fingerprint density at radius 3 is 1.93 bits per heavy atom. The van der Waals surface area contributed by atoms with Crippen molar-refractivity contribution in [2.75, 3.05) is 0 Å². The Labute approximate surface area is 179 Å². The van der Waals surface area contributed by atoms with E-state index in [4.69, 9.17) is 4.43 Å². The second-order valence-corrected chi connectivity index (χ2v) is 16.6. The molecule has 1 unspecified atom stereocenters. The smallest absolute Gasteiger partial charge is 0.200 e. The van der Waals surface area contributed by atoms with E-state index in [1.165, 1.54) is 36.0 Å². The molecule has 2 nitrogen and oxygen atoms in total. The highest BCUT2D eigenvalue weighted by atomic mass is 28.4. The van der Waals surface area contributed by atoms with Crippen LogP contribution < -0.4 is 0 Å². The summed E-state index contributed by atoms with van der Waals surface area (Å²) in [7, 11) is -2.04. The first-order valence-electron chi connectivity index (χ1n) is 11.8. The lowest BCUT2D eigenvalue weighted by Gasteiger charge is -2.47. The largest absolute Gasteiger partial charge is 0.412 e. The van der Waals surface area contributed by atoms with E-state index < -0.39 is 8.32 Å². The van der Waals surface area contributed by atoms with Crippen molar-refractivity contribution in [1.29, 1.82) is 0 Å². The molecular weight excluding hydrogens is 372 g/mol. The van der Waals surface area contributed by atoms with Gasteiger partial charge >= 0.3 is 0 Å². The standard InChI is InChI=1S/C26H42O2Si/c1-17(2)29(18(3)4,19(5)6)28-25-15-24(27)23-14-21-12-10-9-11-20(21)13-22(23)16-26(25,7)8/h13-14,17-19,25H,9-12,15-16H2,1-8H3. The molecule has 1 atom stereocenters. The fourth-order valence-electron chi connectivity index (χ4n) is 6.26. The highest BCUT2D eigenvalue weighted by molar-refractivity contribution is 6.77. The van der Waals surface area contributed by atoms with Gasteiger partial charge < -0.3 is 4.43 Å². The van der Waals surface area contributed by atoms with Gasteiger partial charge in [-0.3, -0.25) is 4.79 Å². The van der Waals surface area contributed by atoms with Crippen molar-refractivity contribution in [3.63, 3.8) is 0 Å². The Kier molecular flexibility index (Phi) is 6.51. The van der Waals surface area contributed by atoms with E-state index in [0.717, 1.165) is 18.4 Å². The Morgan fingerprint density at radius 1 is 0.897 bits per heavy atom. The normalized spacial score (nSPS) is 22.0. The zero-order valence-electron chi connectivity index (χ0n) is 20.0. The van der Waals surface area contributed by atoms with Crippen LogP contribution in [0.25, 0.3) is 0 Å². The second-order valence-electron chi connectivity index (χ2n) is 11.2. The first-order chi connectivity index (χ1) is 13.5. The summed E-state index contributed by atoms with van der Waals surface area (Å²) in [4.78, 5) is 13.4. The van der Waals surface area contributed by atoms with Crippen LogP contribution in [0.2, 0.25) is 16.6 Å². The lowest BCUT2D eigenvalue weighted by Crippen LogP contribution is -2.53. The molecule has 0 aliphatic heterocycles. The third-order valence-corrected chi connectivity index (χ3v) is 13.9. The molecule has 0 spiro atoms. The lowest BCUT2D eigenvalue weighted by atomic mass is 9.80. The third kappa shape index (κ3) is 4.14. The van der Waals surface area contributed by atoms with Gasteiger partial charge in [-0.2, -0.15) is 0 Å². The van der Waals surface area contributed by atoms with Crippen LogP contribution in [0.4, 0.5) is 0 Å². The Hall–Kier alpha value is -0.933. The van der Waals surface area contributed by atoms with Crippen molar-refractivity contribution in [2.24, 2.45) is 5.41 Å². The maximum atomic E-state index is 13.4. The van der Waals surface area contributed by atoms with Crippen LogP contribution in [0.1, 0.15) is 102 Å². The monoisotopic (exact) mass is 414 g/mol. The predicted octanol–water partition coefficient (Wildman–Crippen LogP) is 7.28. The summed E-state index contributed by atoms with van der Waals surface area (Å²) in [6.45, 7) is 18.6. The quantitative estimate of drug-likeness (QED) is 0.374. The fourth-order valence-corrected chi connectivity index (χ4v) is 12.0. The van der Waals surface area contributed by atoms with Crippen LogP contribution in [0.3, 0.4) is 0 Å².